The molecule has 2 aliphatic heterocycles. The van der Waals surface area contributed by atoms with Crippen molar-refractivity contribution >= 4 is 23.6 Å². The maximum Gasteiger partial charge on any atom is 0.267 e. The summed E-state index contributed by atoms with van der Waals surface area (Å²) in [6, 6.07) is 9.10. The van der Waals surface area contributed by atoms with Crippen LogP contribution in [0.15, 0.2) is 54.1 Å². The molecule has 1 aromatic carbocycles. The highest BCUT2D eigenvalue weighted by molar-refractivity contribution is 7.99. The number of thioether (sulfide) groups is 1. The van der Waals surface area contributed by atoms with Crippen molar-refractivity contribution in [1.82, 2.24) is 25.2 Å². The molecular weight excluding hydrogens is 466 g/mol. The average molecular weight is 492 g/mol. The summed E-state index contributed by atoms with van der Waals surface area (Å²) in [4.78, 5) is 40.1. The number of hydrogen-bond acceptors (Lipinski definition) is 8. The van der Waals surface area contributed by atoms with Crippen LogP contribution in [0.5, 0.6) is 11.5 Å². The second kappa shape index (κ2) is 10.3. The topological polar surface area (TPSA) is 107 Å². The Morgan fingerprint density at radius 3 is 2.77 bits per heavy atom. The molecule has 0 fully saturated rings. The number of aromatic nitrogens is 3. The molecular formula is C25H25N5O4S. The van der Waals surface area contributed by atoms with Crippen LogP contribution in [0.2, 0.25) is 0 Å². The highest BCUT2D eigenvalue weighted by Gasteiger charge is 2.33. The Balaban J connectivity index is 1.21. The molecule has 1 atom stereocenters. The molecule has 0 saturated heterocycles. The first-order valence-electron chi connectivity index (χ1n) is 11.4. The number of fused-ring (bicyclic) bond motifs is 2. The first-order chi connectivity index (χ1) is 17.1. The zero-order chi connectivity index (χ0) is 24.2. The third-order valence-electron chi connectivity index (χ3n) is 6.03. The van der Waals surface area contributed by atoms with Crippen LogP contribution in [-0.4, -0.2) is 56.7 Å². The Hall–Kier alpha value is -3.66. The lowest BCUT2D eigenvalue weighted by atomic mass is 9.94. The molecule has 2 amide bonds. The standard InChI is InChI=1S/C25H25N5O4S/c1-16-19(12-29-23(31)15-35-25-26-8-4-9-27-25)18-7-10-30(13-17(18)11-28-16)24(32)22-14-33-20-5-2-3-6-21(20)34-22/h2-6,8-9,11,22H,7,10,12-15H2,1H3,(H,29,31). The van der Waals surface area contributed by atoms with Crippen molar-refractivity contribution in [2.45, 2.75) is 37.7 Å². The molecule has 2 aliphatic rings. The van der Waals surface area contributed by atoms with Crippen LogP contribution in [0, 0.1) is 6.92 Å². The van der Waals surface area contributed by atoms with Crippen molar-refractivity contribution in [3.05, 3.63) is 71.3 Å². The molecule has 9 nitrogen and oxygen atoms in total. The van der Waals surface area contributed by atoms with Crippen LogP contribution in [0.25, 0.3) is 0 Å². The number of hydrogen-bond donors (Lipinski definition) is 1. The molecule has 35 heavy (non-hydrogen) atoms. The molecule has 4 heterocycles. The summed E-state index contributed by atoms with van der Waals surface area (Å²) < 4.78 is 11.6. The van der Waals surface area contributed by atoms with Crippen LogP contribution in [0.3, 0.4) is 0 Å². The number of aryl methyl sites for hydroxylation is 1. The quantitative estimate of drug-likeness (QED) is 0.414. The fourth-order valence-corrected chi connectivity index (χ4v) is 4.85. The Kier molecular flexibility index (Phi) is 6.80. The van der Waals surface area contributed by atoms with Crippen LogP contribution in [0.4, 0.5) is 0 Å². The zero-order valence-electron chi connectivity index (χ0n) is 19.3. The summed E-state index contributed by atoms with van der Waals surface area (Å²) in [6.07, 6.45) is 5.14. The van der Waals surface area contributed by atoms with Crippen molar-refractivity contribution in [3.8, 4) is 11.5 Å². The number of ether oxygens (including phenoxy) is 2. The van der Waals surface area contributed by atoms with E-state index in [2.05, 4.69) is 20.3 Å². The van der Waals surface area contributed by atoms with Gasteiger partial charge in [-0.05, 0) is 48.2 Å². The summed E-state index contributed by atoms with van der Waals surface area (Å²) in [7, 11) is 0. The first kappa shape index (κ1) is 23.1. The molecule has 180 valence electrons. The number of carbonyl (C=O) groups excluding carboxylic acids is 2. The summed E-state index contributed by atoms with van der Waals surface area (Å²) in [5.74, 6) is 1.28. The van der Waals surface area contributed by atoms with E-state index in [1.807, 2.05) is 31.3 Å². The van der Waals surface area contributed by atoms with Gasteiger partial charge in [-0.3, -0.25) is 14.6 Å². The minimum Gasteiger partial charge on any atom is -0.485 e. The van der Waals surface area contributed by atoms with Gasteiger partial charge in [-0.2, -0.15) is 0 Å². The van der Waals surface area contributed by atoms with Crippen LogP contribution >= 0.6 is 11.8 Å². The number of amides is 2. The van der Waals surface area contributed by atoms with E-state index < -0.39 is 6.10 Å². The number of para-hydroxylation sites is 2. The van der Waals surface area contributed by atoms with Crippen LogP contribution in [0.1, 0.15) is 22.4 Å². The largest absolute Gasteiger partial charge is 0.485 e. The van der Waals surface area contributed by atoms with Crippen molar-refractivity contribution < 1.29 is 19.1 Å². The van der Waals surface area contributed by atoms with Gasteiger partial charge in [0.25, 0.3) is 5.91 Å². The molecule has 10 heteroatoms. The third-order valence-corrected chi connectivity index (χ3v) is 6.90. The molecule has 0 saturated carbocycles. The van der Waals surface area contributed by atoms with E-state index in [0.717, 1.165) is 22.4 Å². The number of rotatable bonds is 6. The monoisotopic (exact) mass is 491 g/mol. The van der Waals surface area contributed by atoms with Crippen molar-refractivity contribution in [2.24, 2.45) is 0 Å². The lowest BCUT2D eigenvalue weighted by molar-refractivity contribution is -0.142. The van der Waals surface area contributed by atoms with Crippen molar-refractivity contribution in [2.75, 3.05) is 18.9 Å². The van der Waals surface area contributed by atoms with E-state index in [-0.39, 0.29) is 24.2 Å². The highest BCUT2D eigenvalue weighted by atomic mass is 32.2. The summed E-state index contributed by atoms with van der Waals surface area (Å²) >= 11 is 1.29. The van der Waals surface area contributed by atoms with Crippen LogP contribution in [-0.2, 0) is 29.1 Å². The minimum atomic E-state index is -0.672. The second-order valence-electron chi connectivity index (χ2n) is 8.30. The van der Waals surface area contributed by atoms with E-state index in [0.29, 0.717) is 42.7 Å². The Bertz CT molecular complexity index is 1240. The molecule has 0 spiro atoms. The second-order valence-corrected chi connectivity index (χ2v) is 9.24. The molecule has 0 bridgehead atoms. The van der Waals surface area contributed by atoms with Gasteiger partial charge in [-0.15, -0.1) is 0 Å². The van der Waals surface area contributed by atoms with Gasteiger partial charge in [-0.25, -0.2) is 9.97 Å². The van der Waals surface area contributed by atoms with Crippen molar-refractivity contribution in [3.63, 3.8) is 0 Å². The van der Waals surface area contributed by atoms with E-state index in [9.17, 15) is 9.59 Å². The number of nitrogens with zero attached hydrogens (tertiary/aromatic N) is 4. The van der Waals surface area contributed by atoms with Gasteiger partial charge in [0.2, 0.25) is 12.0 Å². The van der Waals surface area contributed by atoms with E-state index in [1.165, 1.54) is 11.8 Å². The fraction of sp³-hybridized carbons (Fsp3) is 0.320. The first-order valence-corrected chi connectivity index (χ1v) is 12.4. The Morgan fingerprint density at radius 2 is 1.94 bits per heavy atom. The Morgan fingerprint density at radius 1 is 1.14 bits per heavy atom. The maximum absolute atomic E-state index is 13.2. The third kappa shape index (κ3) is 5.22. The molecule has 2 aromatic heterocycles. The maximum atomic E-state index is 13.2. The SMILES string of the molecule is Cc1ncc2c(c1CNC(=O)CSc1ncccn1)CCN(C(=O)C1COc3ccccc3O1)C2. The predicted molar refractivity (Wildman–Crippen MR) is 129 cm³/mol. The number of nitrogens with one attached hydrogen (secondary N) is 1. The lowest BCUT2D eigenvalue weighted by Crippen LogP contribution is -2.48. The minimum absolute atomic E-state index is 0.0956. The molecule has 1 N–H and O–H groups in total. The molecule has 3 aromatic rings. The smallest absolute Gasteiger partial charge is 0.267 e. The van der Waals surface area contributed by atoms with Gasteiger partial charge >= 0.3 is 0 Å². The highest BCUT2D eigenvalue weighted by Crippen LogP contribution is 2.32. The fourth-order valence-electron chi connectivity index (χ4n) is 4.22. The predicted octanol–water partition coefficient (Wildman–Crippen LogP) is 2.31. The Labute approximate surface area is 207 Å². The van der Waals surface area contributed by atoms with Gasteiger partial charge in [-0.1, -0.05) is 23.9 Å². The number of pyridine rings is 1. The van der Waals surface area contributed by atoms with Gasteiger partial charge in [0, 0.05) is 43.9 Å². The zero-order valence-corrected chi connectivity index (χ0v) is 20.1. The van der Waals surface area contributed by atoms with Gasteiger partial charge in [0.15, 0.2) is 16.7 Å². The van der Waals surface area contributed by atoms with Crippen LogP contribution < -0.4 is 14.8 Å². The summed E-state index contributed by atoms with van der Waals surface area (Å²) in [5.41, 5.74) is 4.02. The van der Waals surface area contributed by atoms with E-state index >= 15 is 0 Å². The van der Waals surface area contributed by atoms with Crippen molar-refractivity contribution in [1.29, 1.82) is 0 Å². The van der Waals surface area contributed by atoms with Gasteiger partial charge in [0.1, 0.15) is 6.61 Å². The normalized spacial score (nSPS) is 16.4. The molecule has 0 radical (unpaired) electrons. The summed E-state index contributed by atoms with van der Waals surface area (Å²) in [6.45, 7) is 3.54. The molecule has 5 rings (SSSR count). The average Bonchev–Trinajstić information content (AvgIpc) is 2.91. The van der Waals surface area contributed by atoms with E-state index in [1.54, 1.807) is 29.4 Å². The molecule has 1 unspecified atom stereocenters. The number of carbonyl (C=O) groups is 2. The van der Waals surface area contributed by atoms with Gasteiger partial charge < -0.3 is 19.7 Å². The summed E-state index contributed by atoms with van der Waals surface area (Å²) in [5, 5.41) is 3.55. The molecule has 0 aliphatic carbocycles. The van der Waals surface area contributed by atoms with E-state index in [4.69, 9.17) is 9.47 Å². The number of benzene rings is 1. The lowest BCUT2D eigenvalue weighted by Gasteiger charge is -2.34. The van der Waals surface area contributed by atoms with Gasteiger partial charge in [0.05, 0.1) is 5.75 Å².